The van der Waals surface area contributed by atoms with Crippen molar-refractivity contribution in [3.63, 3.8) is 0 Å². The maximum atomic E-state index is 11.9. The fourth-order valence-corrected chi connectivity index (χ4v) is 2.66. The van der Waals surface area contributed by atoms with E-state index in [0.717, 1.165) is 4.88 Å². The Hall–Kier alpha value is -2.03. The van der Waals surface area contributed by atoms with Gasteiger partial charge in [0.2, 0.25) is 0 Å². The average molecular weight is 321 g/mol. The first kappa shape index (κ1) is 15.4. The van der Waals surface area contributed by atoms with E-state index in [4.69, 9.17) is 21.6 Å². The summed E-state index contributed by atoms with van der Waals surface area (Å²) < 4.78 is 6.22. The lowest BCUT2D eigenvalue weighted by Crippen LogP contribution is -2.35. The van der Waals surface area contributed by atoms with E-state index >= 15 is 0 Å². The number of carbonyl (C=O) groups excluding carboxylic acids is 1. The Morgan fingerprint density at radius 3 is 2.67 bits per heavy atom. The lowest BCUT2D eigenvalue weighted by molar-refractivity contribution is -0.127. The number of hydrogen-bond donors (Lipinski definition) is 1. The molecule has 0 aliphatic rings. The highest BCUT2D eigenvalue weighted by molar-refractivity contribution is 7.16. The van der Waals surface area contributed by atoms with Gasteiger partial charge in [0.1, 0.15) is 5.75 Å². The van der Waals surface area contributed by atoms with Crippen LogP contribution in [0, 0.1) is 11.3 Å². The van der Waals surface area contributed by atoms with Crippen LogP contribution in [0.5, 0.6) is 5.75 Å². The van der Waals surface area contributed by atoms with Gasteiger partial charge in [-0.25, -0.2) is 0 Å². The third kappa shape index (κ3) is 4.48. The quantitative estimate of drug-likeness (QED) is 0.919. The molecule has 0 aliphatic heterocycles. The molecule has 4 nitrogen and oxygen atoms in total. The number of hydrogen-bond acceptors (Lipinski definition) is 4. The molecule has 0 bridgehead atoms. The number of amides is 1. The first-order valence-electron chi connectivity index (χ1n) is 6.27. The summed E-state index contributed by atoms with van der Waals surface area (Å²) >= 11 is 7.26. The van der Waals surface area contributed by atoms with Crippen molar-refractivity contribution < 1.29 is 9.53 Å². The van der Waals surface area contributed by atoms with Crippen molar-refractivity contribution in [2.24, 2.45) is 0 Å². The molecular weight excluding hydrogens is 308 g/mol. The Balaban J connectivity index is 1.85. The zero-order valence-electron chi connectivity index (χ0n) is 11.3. The van der Waals surface area contributed by atoms with Gasteiger partial charge < -0.3 is 10.1 Å². The maximum absolute atomic E-state index is 11.9. The van der Waals surface area contributed by atoms with Gasteiger partial charge in [-0.05, 0) is 43.3 Å². The molecule has 1 aromatic carbocycles. The number of ether oxygens (including phenoxy) is 1. The van der Waals surface area contributed by atoms with Gasteiger partial charge >= 0.3 is 0 Å². The second kappa shape index (κ2) is 7.11. The molecule has 0 saturated heterocycles. The van der Waals surface area contributed by atoms with Gasteiger partial charge in [-0.3, -0.25) is 4.79 Å². The van der Waals surface area contributed by atoms with E-state index < -0.39 is 6.10 Å². The summed E-state index contributed by atoms with van der Waals surface area (Å²) in [5.74, 6) is 0.347. The zero-order chi connectivity index (χ0) is 15.2. The van der Waals surface area contributed by atoms with E-state index in [1.165, 1.54) is 11.3 Å². The van der Waals surface area contributed by atoms with Crippen molar-refractivity contribution in [3.05, 3.63) is 51.2 Å². The number of halogens is 1. The SMILES string of the molecule is CC(Oc1ccc(C#N)cc1)C(=O)NCc1ccc(Cl)s1. The number of rotatable bonds is 5. The van der Waals surface area contributed by atoms with Crippen molar-refractivity contribution in [1.29, 1.82) is 5.26 Å². The molecule has 1 N–H and O–H groups in total. The lowest BCUT2D eigenvalue weighted by Gasteiger charge is -2.14. The van der Waals surface area contributed by atoms with Crippen LogP contribution in [0.25, 0.3) is 0 Å². The first-order valence-corrected chi connectivity index (χ1v) is 7.46. The van der Waals surface area contributed by atoms with Gasteiger partial charge in [-0.1, -0.05) is 11.6 Å². The van der Waals surface area contributed by atoms with Crippen LogP contribution in [0.2, 0.25) is 4.34 Å². The van der Waals surface area contributed by atoms with E-state index in [0.29, 0.717) is 22.2 Å². The molecule has 0 spiro atoms. The maximum Gasteiger partial charge on any atom is 0.261 e. The van der Waals surface area contributed by atoms with Crippen molar-refractivity contribution in [1.82, 2.24) is 5.32 Å². The smallest absolute Gasteiger partial charge is 0.261 e. The molecule has 0 fully saturated rings. The van der Waals surface area contributed by atoms with Gasteiger partial charge in [-0.2, -0.15) is 5.26 Å². The molecule has 1 aromatic heterocycles. The molecule has 0 radical (unpaired) electrons. The molecule has 2 aromatic rings. The Bertz CT molecular complexity index is 661. The van der Waals surface area contributed by atoms with E-state index in [-0.39, 0.29) is 5.91 Å². The highest BCUT2D eigenvalue weighted by Crippen LogP contribution is 2.21. The standard InChI is InChI=1S/C15H13ClN2O2S/c1-10(20-12-4-2-11(8-17)3-5-12)15(19)18-9-13-6-7-14(16)21-13/h2-7,10H,9H2,1H3,(H,18,19). The number of nitriles is 1. The fourth-order valence-electron chi connectivity index (χ4n) is 1.63. The Morgan fingerprint density at radius 1 is 1.38 bits per heavy atom. The average Bonchev–Trinajstić information content (AvgIpc) is 2.91. The van der Waals surface area contributed by atoms with Crippen LogP contribution in [0.15, 0.2) is 36.4 Å². The summed E-state index contributed by atoms with van der Waals surface area (Å²) in [5.41, 5.74) is 0.550. The predicted octanol–water partition coefficient (Wildman–Crippen LogP) is 3.36. The molecule has 1 atom stereocenters. The molecule has 2 rings (SSSR count). The summed E-state index contributed by atoms with van der Waals surface area (Å²) in [6.07, 6.45) is -0.617. The zero-order valence-corrected chi connectivity index (χ0v) is 12.9. The van der Waals surface area contributed by atoms with Crippen LogP contribution in [-0.4, -0.2) is 12.0 Å². The third-order valence-electron chi connectivity index (χ3n) is 2.73. The molecule has 1 amide bonds. The predicted molar refractivity (Wildman–Crippen MR) is 82.4 cm³/mol. The molecule has 0 aliphatic carbocycles. The minimum atomic E-state index is -0.617. The van der Waals surface area contributed by atoms with E-state index in [9.17, 15) is 4.79 Å². The van der Waals surface area contributed by atoms with Crippen molar-refractivity contribution >= 4 is 28.8 Å². The van der Waals surface area contributed by atoms with Crippen LogP contribution in [0.4, 0.5) is 0 Å². The van der Waals surface area contributed by atoms with Crippen molar-refractivity contribution in [3.8, 4) is 11.8 Å². The van der Waals surface area contributed by atoms with Crippen LogP contribution in [-0.2, 0) is 11.3 Å². The Kier molecular flexibility index (Phi) is 5.20. The molecule has 1 heterocycles. The molecule has 6 heteroatoms. The van der Waals surface area contributed by atoms with Gasteiger partial charge in [0.25, 0.3) is 5.91 Å². The van der Waals surface area contributed by atoms with Crippen molar-refractivity contribution in [2.45, 2.75) is 19.6 Å². The number of nitrogens with zero attached hydrogens (tertiary/aromatic N) is 1. The number of thiophene rings is 1. The lowest BCUT2D eigenvalue weighted by atomic mass is 10.2. The van der Waals surface area contributed by atoms with Gasteiger partial charge in [0.15, 0.2) is 6.10 Å². The second-order valence-electron chi connectivity index (χ2n) is 4.32. The minimum Gasteiger partial charge on any atom is -0.481 e. The molecule has 108 valence electrons. The Labute approximate surface area is 131 Å². The monoisotopic (exact) mass is 320 g/mol. The minimum absolute atomic E-state index is 0.205. The van der Waals surface area contributed by atoms with Crippen LogP contribution < -0.4 is 10.1 Å². The summed E-state index contributed by atoms with van der Waals surface area (Å²) in [5, 5.41) is 11.5. The van der Waals surface area contributed by atoms with Gasteiger partial charge in [0.05, 0.1) is 22.5 Å². The van der Waals surface area contributed by atoms with Gasteiger partial charge in [-0.15, -0.1) is 11.3 Å². The molecule has 0 saturated carbocycles. The first-order chi connectivity index (χ1) is 10.1. The van der Waals surface area contributed by atoms with Crippen LogP contribution >= 0.6 is 22.9 Å². The summed E-state index contributed by atoms with van der Waals surface area (Å²) in [6, 6.07) is 12.3. The number of nitrogens with one attached hydrogen (secondary N) is 1. The number of carbonyl (C=O) groups is 1. The highest BCUT2D eigenvalue weighted by Gasteiger charge is 2.14. The van der Waals surface area contributed by atoms with E-state index in [1.54, 1.807) is 37.3 Å². The van der Waals surface area contributed by atoms with E-state index in [1.807, 2.05) is 12.1 Å². The van der Waals surface area contributed by atoms with Crippen molar-refractivity contribution in [2.75, 3.05) is 0 Å². The van der Waals surface area contributed by atoms with E-state index in [2.05, 4.69) is 5.32 Å². The summed E-state index contributed by atoms with van der Waals surface area (Å²) in [4.78, 5) is 12.9. The molecular formula is C15H13ClN2O2S. The van der Waals surface area contributed by atoms with Gasteiger partial charge in [0, 0.05) is 4.88 Å². The summed E-state index contributed by atoms with van der Waals surface area (Å²) in [7, 11) is 0. The van der Waals surface area contributed by atoms with Crippen LogP contribution in [0.3, 0.4) is 0 Å². The summed E-state index contributed by atoms with van der Waals surface area (Å²) in [6.45, 7) is 2.10. The highest BCUT2D eigenvalue weighted by atomic mass is 35.5. The topological polar surface area (TPSA) is 62.1 Å². The normalized spacial score (nSPS) is 11.5. The number of benzene rings is 1. The second-order valence-corrected chi connectivity index (χ2v) is 6.12. The largest absolute Gasteiger partial charge is 0.481 e. The molecule has 21 heavy (non-hydrogen) atoms. The Morgan fingerprint density at radius 2 is 2.10 bits per heavy atom. The van der Waals surface area contributed by atoms with Crippen LogP contribution in [0.1, 0.15) is 17.4 Å². The molecule has 1 unspecified atom stereocenters. The third-order valence-corrected chi connectivity index (χ3v) is 3.96. The fraction of sp³-hybridized carbons (Fsp3) is 0.200.